The fourth-order valence-electron chi connectivity index (χ4n) is 1.36. The molecule has 18 heavy (non-hydrogen) atoms. The molecule has 0 saturated carbocycles. The zero-order valence-corrected chi connectivity index (χ0v) is 12.0. The van der Waals surface area contributed by atoms with Gasteiger partial charge in [-0.2, -0.15) is 0 Å². The van der Waals surface area contributed by atoms with Gasteiger partial charge in [-0.1, -0.05) is 0 Å². The summed E-state index contributed by atoms with van der Waals surface area (Å²) in [4.78, 5) is 9.42. The van der Waals surface area contributed by atoms with Crippen LogP contribution in [-0.4, -0.2) is 28.2 Å². The lowest BCUT2D eigenvalue weighted by Gasteiger charge is -2.06. The lowest BCUT2D eigenvalue weighted by molar-refractivity contribution is 0.311. The predicted octanol–water partition coefficient (Wildman–Crippen LogP) is 2.32. The van der Waals surface area contributed by atoms with Crippen LogP contribution >= 0.6 is 27.3 Å². The molecule has 0 saturated heterocycles. The van der Waals surface area contributed by atoms with Gasteiger partial charge in [0, 0.05) is 27.3 Å². The zero-order valence-electron chi connectivity index (χ0n) is 9.56. The molecule has 0 amide bonds. The maximum absolute atomic E-state index is 8.73. The SMILES string of the molecule is OCCNc1cc(NCc2cc(Br)cs2)ncn1. The first-order chi connectivity index (χ1) is 8.78. The minimum atomic E-state index is 0.0794. The summed E-state index contributed by atoms with van der Waals surface area (Å²) in [5.74, 6) is 1.46. The number of aromatic nitrogens is 2. The normalized spacial score (nSPS) is 10.3. The summed E-state index contributed by atoms with van der Waals surface area (Å²) in [6.07, 6.45) is 1.49. The first kappa shape index (κ1) is 13.3. The Morgan fingerprint density at radius 3 is 2.67 bits per heavy atom. The van der Waals surface area contributed by atoms with Gasteiger partial charge in [0.15, 0.2) is 0 Å². The van der Waals surface area contributed by atoms with E-state index < -0.39 is 0 Å². The average molecular weight is 329 g/mol. The van der Waals surface area contributed by atoms with Crippen molar-refractivity contribution >= 4 is 38.9 Å². The number of anilines is 2. The minimum absolute atomic E-state index is 0.0794. The molecule has 5 nitrogen and oxygen atoms in total. The lowest BCUT2D eigenvalue weighted by atomic mass is 10.4. The van der Waals surface area contributed by atoms with Crippen LogP contribution in [0.1, 0.15) is 4.88 Å². The monoisotopic (exact) mass is 328 g/mol. The molecule has 0 aromatic carbocycles. The van der Waals surface area contributed by atoms with Crippen molar-refractivity contribution in [2.45, 2.75) is 6.54 Å². The minimum Gasteiger partial charge on any atom is -0.395 e. The standard InChI is InChI=1S/C11H13BrN4OS/c12-8-3-9(18-6-8)5-14-11-4-10(13-1-2-17)15-7-16-11/h3-4,6-7,17H,1-2,5H2,(H2,13,14,15,16). The van der Waals surface area contributed by atoms with E-state index in [-0.39, 0.29) is 6.61 Å². The van der Waals surface area contributed by atoms with Crippen molar-refractivity contribution < 1.29 is 5.11 Å². The first-order valence-electron chi connectivity index (χ1n) is 5.41. The molecule has 0 unspecified atom stereocenters. The lowest BCUT2D eigenvalue weighted by Crippen LogP contribution is -2.08. The number of aliphatic hydroxyl groups is 1. The van der Waals surface area contributed by atoms with Gasteiger partial charge in [-0.3, -0.25) is 0 Å². The molecule has 0 atom stereocenters. The Balaban J connectivity index is 1.92. The number of nitrogens with zero attached hydrogens (tertiary/aromatic N) is 2. The Labute approximate surface area is 117 Å². The second-order valence-electron chi connectivity index (χ2n) is 3.52. The van der Waals surface area contributed by atoms with E-state index in [0.29, 0.717) is 12.4 Å². The third kappa shape index (κ3) is 3.94. The summed E-state index contributed by atoms with van der Waals surface area (Å²) >= 11 is 5.11. The van der Waals surface area contributed by atoms with E-state index >= 15 is 0 Å². The Kier molecular flexibility index (Phi) is 4.91. The second kappa shape index (κ2) is 6.67. The molecule has 96 valence electrons. The molecule has 0 radical (unpaired) electrons. The van der Waals surface area contributed by atoms with Crippen LogP contribution in [0.5, 0.6) is 0 Å². The van der Waals surface area contributed by atoms with Crippen molar-refractivity contribution in [2.24, 2.45) is 0 Å². The second-order valence-corrected chi connectivity index (χ2v) is 5.44. The molecule has 0 bridgehead atoms. The van der Waals surface area contributed by atoms with Gasteiger partial charge in [0.25, 0.3) is 0 Å². The zero-order chi connectivity index (χ0) is 12.8. The number of hydrogen-bond donors (Lipinski definition) is 3. The topological polar surface area (TPSA) is 70.1 Å². The highest BCUT2D eigenvalue weighted by Crippen LogP contribution is 2.20. The summed E-state index contributed by atoms with van der Waals surface area (Å²) < 4.78 is 1.09. The van der Waals surface area contributed by atoms with Crippen LogP contribution in [-0.2, 0) is 6.54 Å². The molecule has 0 aliphatic carbocycles. The summed E-state index contributed by atoms with van der Waals surface area (Å²) in [6.45, 7) is 1.29. The van der Waals surface area contributed by atoms with Crippen molar-refractivity contribution in [3.8, 4) is 0 Å². The Bertz CT molecular complexity index is 505. The molecule has 0 fully saturated rings. The highest BCUT2D eigenvalue weighted by Gasteiger charge is 2.00. The van der Waals surface area contributed by atoms with E-state index in [1.807, 2.05) is 11.4 Å². The molecule has 0 aliphatic heterocycles. The number of thiophene rings is 1. The van der Waals surface area contributed by atoms with Crippen LogP contribution in [0, 0.1) is 0 Å². The van der Waals surface area contributed by atoms with Gasteiger partial charge in [-0.15, -0.1) is 11.3 Å². The van der Waals surface area contributed by atoms with Crippen LogP contribution in [0.15, 0.2) is 28.3 Å². The molecule has 7 heteroatoms. The number of hydrogen-bond acceptors (Lipinski definition) is 6. The van der Waals surface area contributed by atoms with E-state index in [1.54, 1.807) is 11.3 Å². The Morgan fingerprint density at radius 2 is 2.00 bits per heavy atom. The first-order valence-corrected chi connectivity index (χ1v) is 7.09. The molecule has 2 rings (SSSR count). The number of nitrogens with one attached hydrogen (secondary N) is 2. The highest BCUT2D eigenvalue weighted by atomic mass is 79.9. The van der Waals surface area contributed by atoms with Crippen LogP contribution in [0.4, 0.5) is 11.6 Å². The van der Waals surface area contributed by atoms with Gasteiger partial charge in [0.1, 0.15) is 18.0 Å². The van der Waals surface area contributed by atoms with Crippen LogP contribution in [0.25, 0.3) is 0 Å². The molecule has 2 aromatic heterocycles. The molecular weight excluding hydrogens is 316 g/mol. The molecule has 0 spiro atoms. The van der Waals surface area contributed by atoms with Crippen molar-refractivity contribution in [3.05, 3.63) is 33.2 Å². The fourth-order valence-corrected chi connectivity index (χ4v) is 2.75. The summed E-state index contributed by atoms with van der Waals surface area (Å²) in [5.41, 5.74) is 0. The third-order valence-corrected chi connectivity index (χ3v) is 3.85. The van der Waals surface area contributed by atoms with E-state index in [1.165, 1.54) is 11.2 Å². The molecular formula is C11H13BrN4OS. The van der Waals surface area contributed by atoms with E-state index in [2.05, 4.69) is 42.6 Å². The van der Waals surface area contributed by atoms with Gasteiger partial charge in [0.05, 0.1) is 13.2 Å². The number of halogens is 1. The number of rotatable bonds is 6. The Morgan fingerprint density at radius 1 is 1.22 bits per heavy atom. The third-order valence-electron chi connectivity index (χ3n) is 2.15. The fraction of sp³-hybridized carbons (Fsp3) is 0.273. The quantitative estimate of drug-likeness (QED) is 0.759. The van der Waals surface area contributed by atoms with E-state index in [9.17, 15) is 0 Å². The summed E-state index contributed by atoms with van der Waals surface area (Å²) in [6, 6.07) is 3.89. The van der Waals surface area contributed by atoms with E-state index in [4.69, 9.17) is 5.11 Å². The maximum Gasteiger partial charge on any atom is 0.131 e. The van der Waals surface area contributed by atoms with Crippen LogP contribution in [0.3, 0.4) is 0 Å². The molecule has 2 aromatic rings. The van der Waals surface area contributed by atoms with Gasteiger partial charge in [-0.05, 0) is 22.0 Å². The van der Waals surface area contributed by atoms with Crippen LogP contribution < -0.4 is 10.6 Å². The molecule has 3 N–H and O–H groups in total. The summed E-state index contributed by atoms with van der Waals surface area (Å²) in [5, 5.41) is 17.0. The van der Waals surface area contributed by atoms with Crippen molar-refractivity contribution in [2.75, 3.05) is 23.8 Å². The van der Waals surface area contributed by atoms with Crippen molar-refractivity contribution in [1.82, 2.24) is 9.97 Å². The largest absolute Gasteiger partial charge is 0.395 e. The predicted molar refractivity (Wildman–Crippen MR) is 77.0 cm³/mol. The van der Waals surface area contributed by atoms with Gasteiger partial charge < -0.3 is 15.7 Å². The number of aliphatic hydroxyl groups excluding tert-OH is 1. The van der Waals surface area contributed by atoms with Gasteiger partial charge in [-0.25, -0.2) is 9.97 Å². The van der Waals surface area contributed by atoms with Gasteiger partial charge >= 0.3 is 0 Å². The van der Waals surface area contributed by atoms with E-state index in [0.717, 1.165) is 16.8 Å². The highest BCUT2D eigenvalue weighted by molar-refractivity contribution is 9.10. The van der Waals surface area contributed by atoms with Crippen molar-refractivity contribution in [3.63, 3.8) is 0 Å². The average Bonchev–Trinajstić information content (AvgIpc) is 2.80. The summed E-state index contributed by atoms with van der Waals surface area (Å²) in [7, 11) is 0. The Hall–Kier alpha value is -1.18. The maximum atomic E-state index is 8.73. The van der Waals surface area contributed by atoms with Crippen molar-refractivity contribution in [1.29, 1.82) is 0 Å². The molecule has 2 heterocycles. The van der Waals surface area contributed by atoms with Crippen LogP contribution in [0.2, 0.25) is 0 Å². The van der Waals surface area contributed by atoms with Gasteiger partial charge in [0.2, 0.25) is 0 Å². The molecule has 0 aliphatic rings. The smallest absolute Gasteiger partial charge is 0.131 e.